The van der Waals surface area contributed by atoms with Gasteiger partial charge >= 0.3 is 24.3 Å². The smallest absolute Gasteiger partial charge is 0.416 e. The number of aryl methyl sites for hydroxylation is 2. The first kappa shape index (κ1) is 34.0. The van der Waals surface area contributed by atoms with E-state index in [0.717, 1.165) is 54.1 Å². The molecule has 1 aromatic heterocycles. The molecule has 0 atom stereocenters. The van der Waals surface area contributed by atoms with Crippen molar-refractivity contribution in [1.82, 2.24) is 4.98 Å². The number of aromatic amines is 1. The van der Waals surface area contributed by atoms with E-state index in [-0.39, 0.29) is 22.6 Å². The number of esters is 2. The van der Waals surface area contributed by atoms with Crippen LogP contribution >= 0.6 is 0 Å². The SMILES string of the molecule is CC1=N/C(=C(/c2ccc(C)cc2)c2[nH]c(C)c(C(=O)Oc3ccc(C(F)(F)F)cc3)c2C)C(C)=C1C(=O)Oc1ccc(C(F)(F)F)cc1. The van der Waals surface area contributed by atoms with Gasteiger partial charge in [-0.05, 0) is 99.8 Å². The van der Waals surface area contributed by atoms with Crippen LogP contribution in [0, 0.1) is 20.8 Å². The monoisotopic (exact) mass is 666 g/mol. The average Bonchev–Trinajstić information content (AvgIpc) is 3.46. The van der Waals surface area contributed by atoms with Gasteiger partial charge in [-0.15, -0.1) is 0 Å². The van der Waals surface area contributed by atoms with Gasteiger partial charge in [-0.3, -0.25) is 4.99 Å². The van der Waals surface area contributed by atoms with Crippen molar-refractivity contribution in [2.75, 3.05) is 0 Å². The lowest BCUT2D eigenvalue weighted by molar-refractivity contribution is -0.138. The number of ether oxygens (including phenoxy) is 2. The van der Waals surface area contributed by atoms with Gasteiger partial charge in [0.05, 0.1) is 39.4 Å². The number of allylic oxidation sites excluding steroid dienone is 1. The van der Waals surface area contributed by atoms with E-state index in [9.17, 15) is 35.9 Å². The Morgan fingerprint density at radius 2 is 1.15 bits per heavy atom. The second-order valence-electron chi connectivity index (χ2n) is 11.2. The van der Waals surface area contributed by atoms with Crippen LogP contribution < -0.4 is 9.47 Å². The Labute approximate surface area is 271 Å². The second-order valence-corrected chi connectivity index (χ2v) is 11.2. The number of aromatic nitrogens is 1. The summed E-state index contributed by atoms with van der Waals surface area (Å²) >= 11 is 0. The summed E-state index contributed by atoms with van der Waals surface area (Å²) in [5.41, 5.74) is 3.23. The highest BCUT2D eigenvalue weighted by Gasteiger charge is 2.33. The predicted octanol–water partition coefficient (Wildman–Crippen LogP) is 9.35. The van der Waals surface area contributed by atoms with Crippen molar-refractivity contribution in [3.05, 3.63) is 134 Å². The molecule has 0 bridgehead atoms. The second kappa shape index (κ2) is 12.7. The number of carbonyl (C=O) groups excluding carboxylic acids is 2. The topological polar surface area (TPSA) is 80.8 Å². The highest BCUT2D eigenvalue weighted by atomic mass is 19.4. The fraction of sp³-hybridized carbons (Fsp3) is 0.194. The molecule has 12 heteroatoms. The maximum atomic E-state index is 13.3. The largest absolute Gasteiger partial charge is 0.423 e. The number of hydrogen-bond acceptors (Lipinski definition) is 5. The summed E-state index contributed by atoms with van der Waals surface area (Å²) in [5.74, 6) is -1.76. The Hall–Kier alpha value is -5.39. The van der Waals surface area contributed by atoms with Gasteiger partial charge in [0, 0.05) is 11.3 Å². The van der Waals surface area contributed by atoms with Crippen LogP contribution in [-0.2, 0) is 17.1 Å². The Kier molecular flexibility index (Phi) is 8.96. The molecule has 4 aromatic rings. The van der Waals surface area contributed by atoms with E-state index in [1.807, 2.05) is 31.2 Å². The molecule has 48 heavy (non-hydrogen) atoms. The molecule has 0 amide bonds. The van der Waals surface area contributed by atoms with E-state index in [2.05, 4.69) is 4.98 Å². The molecule has 6 nitrogen and oxygen atoms in total. The van der Waals surface area contributed by atoms with E-state index in [1.54, 1.807) is 27.7 Å². The van der Waals surface area contributed by atoms with Crippen LogP contribution in [0.5, 0.6) is 11.5 Å². The molecule has 0 saturated heterocycles. The number of H-pyrrole nitrogens is 1. The molecule has 0 saturated carbocycles. The van der Waals surface area contributed by atoms with Gasteiger partial charge in [0.25, 0.3) is 0 Å². The minimum Gasteiger partial charge on any atom is -0.423 e. The number of nitrogens with one attached hydrogen (secondary N) is 1. The lowest BCUT2D eigenvalue weighted by Crippen LogP contribution is -2.16. The summed E-state index contributed by atoms with van der Waals surface area (Å²) in [7, 11) is 0. The van der Waals surface area contributed by atoms with E-state index in [4.69, 9.17) is 14.5 Å². The first-order valence-electron chi connectivity index (χ1n) is 14.5. The number of carbonyl (C=O) groups is 2. The highest BCUT2D eigenvalue weighted by Crippen LogP contribution is 2.39. The first-order valence-corrected chi connectivity index (χ1v) is 14.5. The van der Waals surface area contributed by atoms with E-state index in [1.165, 1.54) is 0 Å². The van der Waals surface area contributed by atoms with Crippen LogP contribution in [-0.4, -0.2) is 22.6 Å². The van der Waals surface area contributed by atoms with Crippen molar-refractivity contribution >= 4 is 23.2 Å². The third-order valence-corrected chi connectivity index (χ3v) is 7.83. The molecule has 248 valence electrons. The number of aliphatic imine (C=N–C) groups is 1. The van der Waals surface area contributed by atoms with Crippen LogP contribution in [0.15, 0.2) is 94.6 Å². The summed E-state index contributed by atoms with van der Waals surface area (Å²) < 4.78 is 88.9. The zero-order valence-electron chi connectivity index (χ0n) is 26.3. The van der Waals surface area contributed by atoms with Crippen molar-refractivity contribution in [3.8, 4) is 11.5 Å². The van der Waals surface area contributed by atoms with Crippen LogP contribution in [0.2, 0.25) is 0 Å². The zero-order valence-corrected chi connectivity index (χ0v) is 26.3. The molecule has 5 rings (SSSR count). The lowest BCUT2D eigenvalue weighted by Gasteiger charge is -2.13. The van der Waals surface area contributed by atoms with E-state index < -0.39 is 35.4 Å². The minimum atomic E-state index is -4.55. The fourth-order valence-electron chi connectivity index (χ4n) is 5.41. The van der Waals surface area contributed by atoms with Gasteiger partial charge in [-0.2, -0.15) is 26.3 Å². The van der Waals surface area contributed by atoms with Crippen molar-refractivity contribution in [3.63, 3.8) is 0 Å². The van der Waals surface area contributed by atoms with Gasteiger partial charge in [-0.25, -0.2) is 9.59 Å². The third-order valence-electron chi connectivity index (χ3n) is 7.83. The normalized spacial score (nSPS) is 14.6. The summed E-state index contributed by atoms with van der Waals surface area (Å²) in [6, 6.07) is 15.0. The summed E-state index contributed by atoms with van der Waals surface area (Å²) in [4.78, 5) is 34.6. The summed E-state index contributed by atoms with van der Waals surface area (Å²) in [5, 5.41) is 0. The van der Waals surface area contributed by atoms with Crippen molar-refractivity contribution in [2.45, 2.75) is 47.0 Å². The summed E-state index contributed by atoms with van der Waals surface area (Å²) in [6.45, 7) is 8.51. The molecule has 3 aromatic carbocycles. The van der Waals surface area contributed by atoms with Crippen molar-refractivity contribution in [2.24, 2.45) is 4.99 Å². The summed E-state index contributed by atoms with van der Waals surface area (Å²) in [6.07, 6.45) is -9.09. The van der Waals surface area contributed by atoms with E-state index in [0.29, 0.717) is 45.1 Å². The van der Waals surface area contributed by atoms with Crippen LogP contribution in [0.4, 0.5) is 26.3 Å². The number of alkyl halides is 6. The van der Waals surface area contributed by atoms with Gasteiger partial charge in [0.1, 0.15) is 11.5 Å². The maximum Gasteiger partial charge on any atom is 0.416 e. The number of benzene rings is 3. The number of halogens is 6. The van der Waals surface area contributed by atoms with E-state index >= 15 is 0 Å². The van der Waals surface area contributed by atoms with Crippen molar-refractivity contribution < 1.29 is 45.4 Å². The number of hydrogen-bond donors (Lipinski definition) is 1. The molecule has 0 radical (unpaired) electrons. The van der Waals surface area contributed by atoms with Crippen LogP contribution in [0.1, 0.15) is 63.4 Å². The molecule has 1 aliphatic rings. The molecular formula is C36H28F6N2O4. The van der Waals surface area contributed by atoms with Gasteiger partial charge in [-0.1, -0.05) is 29.8 Å². The maximum absolute atomic E-state index is 13.3. The van der Waals surface area contributed by atoms with Gasteiger partial charge < -0.3 is 14.5 Å². The average molecular weight is 667 g/mol. The Morgan fingerprint density at radius 3 is 1.62 bits per heavy atom. The number of nitrogens with zero attached hydrogens (tertiary/aromatic N) is 1. The standard InChI is InChI=1S/C36H28F6N2O4/c1-18-6-8-23(9-7-18)30(31-19(2)28(21(4)43-31)33(45)47-26-14-10-24(11-15-26)35(37,38)39)32-20(3)29(22(5)44-32)34(46)48-27-16-12-25(13-17-27)36(40,41)42/h6-17,43H,1-5H3/b32-30-. The minimum absolute atomic E-state index is 0.0716. The highest BCUT2D eigenvalue weighted by molar-refractivity contribution is 6.23. The Morgan fingerprint density at radius 1 is 0.667 bits per heavy atom. The molecule has 2 heterocycles. The first-order chi connectivity index (χ1) is 22.5. The van der Waals surface area contributed by atoms with Gasteiger partial charge in [0.2, 0.25) is 0 Å². The number of rotatable bonds is 6. The molecule has 0 unspecified atom stereocenters. The third kappa shape index (κ3) is 6.83. The molecule has 0 spiro atoms. The molecule has 0 fully saturated rings. The molecule has 1 N–H and O–H groups in total. The van der Waals surface area contributed by atoms with Gasteiger partial charge in [0.15, 0.2) is 0 Å². The Balaban J connectivity index is 1.55. The molecular weight excluding hydrogens is 638 g/mol. The lowest BCUT2D eigenvalue weighted by atomic mass is 9.93. The van der Waals surface area contributed by atoms with Crippen LogP contribution in [0.3, 0.4) is 0 Å². The Bertz CT molecular complexity index is 2000. The van der Waals surface area contributed by atoms with Crippen molar-refractivity contribution in [1.29, 1.82) is 0 Å². The predicted molar refractivity (Wildman–Crippen MR) is 167 cm³/mol. The van der Waals surface area contributed by atoms with Crippen LogP contribution in [0.25, 0.3) is 5.57 Å². The quantitative estimate of drug-likeness (QED) is 0.126. The molecule has 1 aliphatic heterocycles. The fourth-order valence-corrected chi connectivity index (χ4v) is 5.41. The zero-order chi connectivity index (χ0) is 35.1. The molecule has 0 aliphatic carbocycles.